The lowest BCUT2D eigenvalue weighted by Gasteiger charge is -2.25. The summed E-state index contributed by atoms with van der Waals surface area (Å²) < 4.78 is 0. The fraction of sp³-hybridized carbons (Fsp3) is 1.00. The van der Waals surface area contributed by atoms with Gasteiger partial charge in [-0.2, -0.15) is 0 Å². The Balaban J connectivity index is 2.56. The molecule has 0 radical (unpaired) electrons. The molecule has 1 heterocycles. The van der Waals surface area contributed by atoms with Crippen LogP contribution in [0.1, 0.15) is 19.3 Å². The van der Waals surface area contributed by atoms with Crippen molar-refractivity contribution < 1.29 is 5.11 Å². The van der Waals surface area contributed by atoms with Crippen molar-refractivity contribution in [3.05, 3.63) is 10.4 Å². The summed E-state index contributed by atoms with van der Waals surface area (Å²) in [7, 11) is 0. The van der Waals surface area contributed by atoms with Crippen LogP contribution in [0, 0.1) is 0 Å². The minimum absolute atomic E-state index is 0.585. The summed E-state index contributed by atoms with van der Waals surface area (Å²) in [5, 5.41) is 11.6. The van der Waals surface area contributed by atoms with Gasteiger partial charge in [0.1, 0.15) is 0 Å². The standard InChI is InChI=1S/C5H9N3OS/c6-8-7-5(9)3-1-2-4-10-5/h9H,1-4H2. The van der Waals surface area contributed by atoms with E-state index in [0.717, 1.165) is 18.6 Å². The molecule has 1 unspecified atom stereocenters. The summed E-state index contributed by atoms with van der Waals surface area (Å²) in [6.45, 7) is 0. The first-order valence-electron chi connectivity index (χ1n) is 3.19. The molecular weight excluding hydrogens is 150 g/mol. The van der Waals surface area contributed by atoms with Crippen molar-refractivity contribution in [3.63, 3.8) is 0 Å². The highest BCUT2D eigenvalue weighted by Crippen LogP contribution is 2.34. The van der Waals surface area contributed by atoms with Crippen molar-refractivity contribution in [2.45, 2.75) is 24.3 Å². The monoisotopic (exact) mass is 159 g/mol. The van der Waals surface area contributed by atoms with E-state index in [0.29, 0.717) is 6.42 Å². The zero-order valence-corrected chi connectivity index (χ0v) is 6.34. The third-order valence-corrected chi connectivity index (χ3v) is 2.67. The highest BCUT2D eigenvalue weighted by molar-refractivity contribution is 8.00. The van der Waals surface area contributed by atoms with Crippen molar-refractivity contribution >= 4 is 11.8 Å². The first kappa shape index (κ1) is 7.72. The van der Waals surface area contributed by atoms with Gasteiger partial charge >= 0.3 is 0 Å². The van der Waals surface area contributed by atoms with Gasteiger partial charge in [0, 0.05) is 4.91 Å². The van der Waals surface area contributed by atoms with Crippen molar-refractivity contribution in [2.24, 2.45) is 5.11 Å². The molecule has 56 valence electrons. The molecule has 10 heavy (non-hydrogen) atoms. The van der Waals surface area contributed by atoms with E-state index in [1.54, 1.807) is 0 Å². The molecule has 1 aliphatic rings. The van der Waals surface area contributed by atoms with E-state index in [1.807, 2.05) is 0 Å². The zero-order chi connectivity index (χ0) is 7.45. The molecule has 0 aromatic heterocycles. The van der Waals surface area contributed by atoms with E-state index >= 15 is 0 Å². The van der Waals surface area contributed by atoms with Gasteiger partial charge in [-0.1, -0.05) is 0 Å². The molecular formula is C5H9N3OS. The Morgan fingerprint density at radius 1 is 1.60 bits per heavy atom. The van der Waals surface area contributed by atoms with Gasteiger partial charge in [0.05, 0.1) is 0 Å². The Morgan fingerprint density at radius 2 is 2.40 bits per heavy atom. The maximum Gasteiger partial charge on any atom is 0.189 e. The second kappa shape index (κ2) is 3.14. The average molecular weight is 159 g/mol. The van der Waals surface area contributed by atoms with Gasteiger partial charge in [-0.25, -0.2) is 0 Å². The number of azide groups is 1. The molecule has 0 aromatic rings. The number of aliphatic hydroxyl groups is 1. The maximum atomic E-state index is 9.41. The molecule has 0 saturated carbocycles. The predicted molar refractivity (Wildman–Crippen MR) is 40.4 cm³/mol. The smallest absolute Gasteiger partial charge is 0.189 e. The molecule has 5 heteroatoms. The average Bonchev–Trinajstić information content (AvgIpc) is 1.89. The van der Waals surface area contributed by atoms with Gasteiger partial charge in [-0.05, 0) is 35.7 Å². The summed E-state index contributed by atoms with van der Waals surface area (Å²) in [5.41, 5.74) is 8.07. The van der Waals surface area contributed by atoms with E-state index in [1.165, 1.54) is 11.8 Å². The van der Waals surface area contributed by atoms with Crippen molar-refractivity contribution in [1.29, 1.82) is 0 Å². The second-order valence-corrected chi connectivity index (χ2v) is 3.59. The Kier molecular flexibility index (Phi) is 2.43. The van der Waals surface area contributed by atoms with Crippen LogP contribution in [0.15, 0.2) is 5.11 Å². The maximum absolute atomic E-state index is 9.41. The van der Waals surface area contributed by atoms with E-state index in [-0.39, 0.29) is 0 Å². The van der Waals surface area contributed by atoms with Crippen LogP contribution in [-0.2, 0) is 0 Å². The SMILES string of the molecule is [N-]=[N+]=NC1(O)CCCCS1. The van der Waals surface area contributed by atoms with Crippen molar-refractivity contribution in [3.8, 4) is 0 Å². The molecule has 1 aliphatic heterocycles. The summed E-state index contributed by atoms with van der Waals surface area (Å²) in [5.74, 6) is 0.884. The molecule has 0 amide bonds. The van der Waals surface area contributed by atoms with Gasteiger partial charge in [-0.3, -0.25) is 0 Å². The Bertz CT molecular complexity index is 160. The van der Waals surface area contributed by atoms with Crippen LogP contribution in [0.25, 0.3) is 10.4 Å². The lowest BCUT2D eigenvalue weighted by atomic mass is 10.2. The quantitative estimate of drug-likeness (QED) is 0.360. The van der Waals surface area contributed by atoms with Crippen LogP contribution >= 0.6 is 11.8 Å². The minimum atomic E-state index is -1.15. The van der Waals surface area contributed by atoms with Crippen LogP contribution in [0.3, 0.4) is 0 Å². The van der Waals surface area contributed by atoms with E-state index in [9.17, 15) is 5.11 Å². The van der Waals surface area contributed by atoms with Crippen LogP contribution in [0.5, 0.6) is 0 Å². The molecule has 0 spiro atoms. The van der Waals surface area contributed by atoms with E-state index in [2.05, 4.69) is 10.0 Å². The van der Waals surface area contributed by atoms with E-state index < -0.39 is 5.06 Å². The molecule has 1 atom stereocenters. The lowest BCUT2D eigenvalue weighted by Crippen LogP contribution is -2.24. The highest BCUT2D eigenvalue weighted by Gasteiger charge is 2.28. The number of nitrogens with zero attached hydrogens (tertiary/aromatic N) is 3. The van der Waals surface area contributed by atoms with Gasteiger partial charge in [0.2, 0.25) is 0 Å². The second-order valence-electron chi connectivity index (χ2n) is 2.24. The molecule has 1 rings (SSSR count). The zero-order valence-electron chi connectivity index (χ0n) is 5.53. The summed E-state index contributed by atoms with van der Waals surface area (Å²) >= 11 is 1.33. The van der Waals surface area contributed by atoms with Crippen LogP contribution in [0.2, 0.25) is 0 Å². The van der Waals surface area contributed by atoms with Gasteiger partial charge in [-0.15, -0.1) is 11.8 Å². The predicted octanol–water partition coefficient (Wildman–Crippen LogP) is 1.86. The third kappa shape index (κ3) is 1.80. The minimum Gasteiger partial charge on any atom is -0.374 e. The third-order valence-electron chi connectivity index (χ3n) is 1.43. The topological polar surface area (TPSA) is 69.0 Å². The van der Waals surface area contributed by atoms with E-state index in [4.69, 9.17) is 5.53 Å². The summed E-state index contributed by atoms with van der Waals surface area (Å²) in [6.07, 6.45) is 2.64. The summed E-state index contributed by atoms with van der Waals surface area (Å²) in [4.78, 5) is 2.59. The van der Waals surface area contributed by atoms with Crippen LogP contribution < -0.4 is 0 Å². The van der Waals surface area contributed by atoms with Crippen LogP contribution in [-0.4, -0.2) is 15.9 Å². The van der Waals surface area contributed by atoms with Crippen molar-refractivity contribution in [2.75, 3.05) is 5.75 Å². The summed E-state index contributed by atoms with van der Waals surface area (Å²) in [6, 6.07) is 0. The van der Waals surface area contributed by atoms with Crippen LogP contribution in [0.4, 0.5) is 0 Å². The van der Waals surface area contributed by atoms with Crippen molar-refractivity contribution in [1.82, 2.24) is 0 Å². The number of rotatable bonds is 1. The number of thioether (sulfide) groups is 1. The first-order chi connectivity index (χ1) is 4.77. The lowest BCUT2D eigenvalue weighted by molar-refractivity contribution is 0.128. The highest BCUT2D eigenvalue weighted by atomic mass is 32.2. The largest absolute Gasteiger partial charge is 0.374 e. The fourth-order valence-electron chi connectivity index (χ4n) is 0.914. The molecule has 1 fully saturated rings. The molecule has 0 aliphatic carbocycles. The molecule has 0 aromatic carbocycles. The Hall–Kier alpha value is -0.380. The Morgan fingerprint density at radius 3 is 2.90 bits per heavy atom. The number of hydrogen-bond acceptors (Lipinski definition) is 3. The first-order valence-corrected chi connectivity index (χ1v) is 4.18. The molecule has 1 saturated heterocycles. The fourth-order valence-corrected chi connectivity index (χ4v) is 1.97. The van der Waals surface area contributed by atoms with Gasteiger partial charge in [0.25, 0.3) is 0 Å². The number of hydrogen-bond donors (Lipinski definition) is 1. The molecule has 1 N–H and O–H groups in total. The van der Waals surface area contributed by atoms with Gasteiger partial charge in [0.15, 0.2) is 5.06 Å². The Labute approximate surface area is 63.2 Å². The molecule has 4 nitrogen and oxygen atoms in total. The van der Waals surface area contributed by atoms with Gasteiger partial charge < -0.3 is 5.11 Å². The normalized spacial score (nSPS) is 32.9. The molecule has 0 bridgehead atoms.